The van der Waals surface area contributed by atoms with E-state index in [4.69, 9.17) is 0 Å². The normalized spacial score (nSPS) is 11.6. The number of pyridine rings is 1. The zero-order valence-electron chi connectivity index (χ0n) is 13.5. The molecule has 0 unspecified atom stereocenters. The molecular formula is C18H19N5O. The van der Waals surface area contributed by atoms with E-state index in [0.29, 0.717) is 6.42 Å². The average molecular weight is 321 g/mol. The van der Waals surface area contributed by atoms with Gasteiger partial charge in [0, 0.05) is 37.9 Å². The number of hydrogen-bond acceptors (Lipinski definition) is 3. The van der Waals surface area contributed by atoms with Crippen molar-refractivity contribution in [2.75, 3.05) is 6.61 Å². The van der Waals surface area contributed by atoms with Gasteiger partial charge in [0.15, 0.2) is 0 Å². The highest BCUT2D eigenvalue weighted by atomic mass is 16.2. The van der Waals surface area contributed by atoms with Gasteiger partial charge in [-0.25, -0.2) is 9.97 Å². The number of aliphatic hydroxyl groups excluding tert-OH is 1. The van der Waals surface area contributed by atoms with Gasteiger partial charge in [0.1, 0.15) is 16.8 Å². The molecule has 0 amide bonds. The molecule has 2 N–H and O–H groups in total. The molecule has 2 aromatic rings. The Labute approximate surface area is 138 Å². The number of rotatable bonds is 3. The van der Waals surface area contributed by atoms with Crippen molar-refractivity contribution in [3.8, 4) is 0 Å². The van der Waals surface area contributed by atoms with E-state index in [9.17, 15) is 5.11 Å². The minimum atomic E-state index is 0.101. The fourth-order valence-electron chi connectivity index (χ4n) is 3.24. The SMILES string of the molecule is C=c1cc[nH]c2n(CC)c3ncc(CCO)cc3c3nccn3c1=2. The summed E-state index contributed by atoms with van der Waals surface area (Å²) in [7, 11) is 0. The highest BCUT2D eigenvalue weighted by Gasteiger charge is 2.10. The van der Waals surface area contributed by atoms with E-state index in [0.717, 1.165) is 44.8 Å². The molecular weight excluding hydrogens is 302 g/mol. The summed E-state index contributed by atoms with van der Waals surface area (Å²) < 4.78 is 4.18. The lowest BCUT2D eigenvalue weighted by molar-refractivity contribution is 0.299. The molecule has 0 bridgehead atoms. The number of fused-ring (bicyclic) bond motifs is 4. The van der Waals surface area contributed by atoms with Crippen LogP contribution in [0.2, 0.25) is 0 Å². The average Bonchev–Trinajstić information content (AvgIpc) is 3.02. The summed E-state index contributed by atoms with van der Waals surface area (Å²) in [6.45, 7) is 7.14. The summed E-state index contributed by atoms with van der Waals surface area (Å²) in [5.41, 5.74) is 3.63. The molecule has 0 aromatic carbocycles. The molecule has 0 spiro atoms. The van der Waals surface area contributed by atoms with Gasteiger partial charge in [0.05, 0.1) is 10.7 Å². The van der Waals surface area contributed by atoms with Crippen molar-refractivity contribution in [2.45, 2.75) is 19.9 Å². The van der Waals surface area contributed by atoms with E-state index in [-0.39, 0.29) is 6.61 Å². The summed E-state index contributed by atoms with van der Waals surface area (Å²) in [5.74, 6) is 0. The molecule has 6 nitrogen and oxygen atoms in total. The van der Waals surface area contributed by atoms with Gasteiger partial charge < -0.3 is 14.7 Å². The molecule has 0 radical (unpaired) electrons. The highest BCUT2D eigenvalue weighted by Crippen LogP contribution is 2.18. The van der Waals surface area contributed by atoms with E-state index >= 15 is 0 Å². The van der Waals surface area contributed by atoms with E-state index < -0.39 is 0 Å². The maximum absolute atomic E-state index is 9.24. The maximum Gasteiger partial charge on any atom is 0.148 e. The highest BCUT2D eigenvalue weighted by molar-refractivity contribution is 5.89. The first-order chi connectivity index (χ1) is 11.7. The Bertz CT molecular complexity index is 1180. The Balaban J connectivity index is 2.38. The number of nitrogens with zero attached hydrogens (tertiary/aromatic N) is 4. The molecule has 0 fully saturated rings. The van der Waals surface area contributed by atoms with Crippen LogP contribution in [-0.4, -0.2) is 35.6 Å². The summed E-state index contributed by atoms with van der Waals surface area (Å²) in [4.78, 5) is 12.6. The first kappa shape index (κ1) is 14.7. The zero-order chi connectivity index (χ0) is 16.7. The van der Waals surface area contributed by atoms with Gasteiger partial charge in [-0.3, -0.25) is 4.40 Å². The topological polar surface area (TPSA) is 71.1 Å². The monoisotopic (exact) mass is 321 g/mol. The molecule has 0 atom stereocenters. The van der Waals surface area contributed by atoms with Crippen molar-refractivity contribution >= 4 is 23.3 Å². The zero-order valence-corrected chi connectivity index (χ0v) is 13.5. The minimum Gasteiger partial charge on any atom is -0.396 e. The van der Waals surface area contributed by atoms with Crippen LogP contribution in [0.15, 0.2) is 36.9 Å². The number of aryl methyl sites for hydroxylation is 1. The molecule has 0 saturated heterocycles. The van der Waals surface area contributed by atoms with Crippen LogP contribution in [0.4, 0.5) is 0 Å². The lowest BCUT2D eigenvalue weighted by Crippen LogP contribution is -2.11. The molecule has 2 aliphatic heterocycles. The van der Waals surface area contributed by atoms with Crippen LogP contribution in [0.1, 0.15) is 12.5 Å². The molecule has 24 heavy (non-hydrogen) atoms. The largest absolute Gasteiger partial charge is 0.396 e. The maximum atomic E-state index is 9.24. The Kier molecular flexibility index (Phi) is 3.46. The second-order valence-corrected chi connectivity index (χ2v) is 5.75. The summed E-state index contributed by atoms with van der Waals surface area (Å²) in [6.07, 6.45) is 8.02. The predicted octanol–water partition coefficient (Wildman–Crippen LogP) is 1.55. The third kappa shape index (κ3) is 2.07. The summed E-state index contributed by atoms with van der Waals surface area (Å²) in [6, 6.07) is 4.02. The molecule has 0 aliphatic carbocycles. The lowest BCUT2D eigenvalue weighted by Gasteiger charge is -2.06. The van der Waals surface area contributed by atoms with Crippen LogP contribution >= 0.6 is 0 Å². The van der Waals surface area contributed by atoms with Crippen LogP contribution in [0, 0.1) is 10.8 Å². The Hall–Kier alpha value is -2.86. The van der Waals surface area contributed by atoms with E-state index in [2.05, 4.69) is 39.1 Å². The van der Waals surface area contributed by atoms with Crippen molar-refractivity contribution in [3.63, 3.8) is 0 Å². The number of H-pyrrole nitrogens is 1. The second-order valence-electron chi connectivity index (χ2n) is 5.75. The molecule has 2 aliphatic rings. The standard InChI is InChI=1S/C18H19N5O/c1-3-22-17-14(10-13(5-9-24)11-21-17)16-20-7-8-23(16)15-12(2)4-6-19-18(15)22/h4,6-8,10-11,19,24H,2-3,5,9H2,1H3. The number of aliphatic hydroxyl groups is 1. The molecule has 0 saturated carbocycles. The van der Waals surface area contributed by atoms with Gasteiger partial charge in [-0.15, -0.1) is 0 Å². The van der Waals surface area contributed by atoms with Crippen molar-refractivity contribution in [3.05, 3.63) is 58.5 Å². The van der Waals surface area contributed by atoms with Gasteiger partial charge in [-0.05, 0) is 36.3 Å². The van der Waals surface area contributed by atoms with Crippen LogP contribution in [0.25, 0.3) is 23.3 Å². The Morgan fingerprint density at radius 1 is 1.29 bits per heavy atom. The fourth-order valence-corrected chi connectivity index (χ4v) is 3.24. The third-order valence-electron chi connectivity index (χ3n) is 4.32. The number of imidazole rings is 1. The van der Waals surface area contributed by atoms with Crippen LogP contribution < -0.4 is 5.22 Å². The number of aromatic amines is 1. The van der Waals surface area contributed by atoms with Gasteiger partial charge in [-0.2, -0.15) is 0 Å². The fraction of sp³-hybridized carbons (Fsp3) is 0.222. The van der Waals surface area contributed by atoms with Gasteiger partial charge in [0.25, 0.3) is 0 Å². The van der Waals surface area contributed by atoms with Gasteiger partial charge in [-0.1, -0.05) is 6.58 Å². The quantitative estimate of drug-likeness (QED) is 0.601. The second kappa shape index (κ2) is 5.65. The molecule has 2 aromatic heterocycles. The van der Waals surface area contributed by atoms with E-state index in [1.54, 1.807) is 6.20 Å². The predicted molar refractivity (Wildman–Crippen MR) is 93.0 cm³/mol. The molecule has 6 heteroatoms. The van der Waals surface area contributed by atoms with Crippen molar-refractivity contribution < 1.29 is 5.11 Å². The van der Waals surface area contributed by atoms with Gasteiger partial charge >= 0.3 is 0 Å². The third-order valence-corrected chi connectivity index (χ3v) is 4.32. The number of aromatic nitrogens is 5. The Morgan fingerprint density at radius 2 is 2.17 bits per heavy atom. The van der Waals surface area contributed by atoms with Crippen LogP contribution in [-0.2, 0) is 13.0 Å². The van der Waals surface area contributed by atoms with Crippen LogP contribution in [0.3, 0.4) is 0 Å². The minimum absolute atomic E-state index is 0.101. The summed E-state index contributed by atoms with van der Waals surface area (Å²) in [5, 5.41) is 12.1. The summed E-state index contributed by atoms with van der Waals surface area (Å²) >= 11 is 0. The molecule has 122 valence electrons. The first-order valence-corrected chi connectivity index (χ1v) is 8.02. The van der Waals surface area contributed by atoms with Crippen molar-refractivity contribution in [1.82, 2.24) is 23.9 Å². The van der Waals surface area contributed by atoms with Crippen molar-refractivity contribution in [1.29, 1.82) is 0 Å². The number of hydrogen-bond donors (Lipinski definition) is 2. The van der Waals surface area contributed by atoms with E-state index in [1.807, 2.05) is 29.1 Å². The smallest absolute Gasteiger partial charge is 0.148 e. The van der Waals surface area contributed by atoms with E-state index in [1.165, 1.54) is 0 Å². The first-order valence-electron chi connectivity index (χ1n) is 8.02. The lowest BCUT2D eigenvalue weighted by atomic mass is 10.2. The Morgan fingerprint density at radius 3 is 2.96 bits per heavy atom. The molecule has 4 heterocycles. The van der Waals surface area contributed by atoms with Crippen molar-refractivity contribution in [2.24, 2.45) is 0 Å². The van der Waals surface area contributed by atoms with Gasteiger partial charge in [0.2, 0.25) is 0 Å². The number of nitrogens with one attached hydrogen (secondary N) is 1. The molecule has 4 rings (SSSR count). The van der Waals surface area contributed by atoms with Crippen LogP contribution in [0.5, 0.6) is 0 Å².